The van der Waals surface area contributed by atoms with Crippen LogP contribution in [-0.4, -0.2) is 15.2 Å². The third kappa shape index (κ3) is 1.26. The zero-order valence-electron chi connectivity index (χ0n) is 5.33. The van der Waals surface area contributed by atoms with E-state index >= 15 is 0 Å². The van der Waals surface area contributed by atoms with Gasteiger partial charge in [-0.2, -0.15) is 4.98 Å². The number of hydrogen-bond donors (Lipinski definition) is 1. The Labute approximate surface area is 52.5 Å². The second kappa shape index (κ2) is 2.14. The van der Waals surface area contributed by atoms with Gasteiger partial charge >= 0.3 is 0 Å². The molecule has 0 aromatic carbocycles. The fraction of sp³-hybridized carbons (Fsp3) is 0.600. The maximum absolute atomic E-state index is 8.84. The van der Waals surface area contributed by atoms with Crippen molar-refractivity contribution in [1.29, 1.82) is 0 Å². The van der Waals surface area contributed by atoms with Crippen molar-refractivity contribution in [3.8, 4) is 0 Å². The molecular formula is C5H8N2O2. The molecule has 0 amide bonds. The van der Waals surface area contributed by atoms with Crippen molar-refractivity contribution in [3.63, 3.8) is 0 Å². The second-order valence-electron chi connectivity index (χ2n) is 1.86. The lowest BCUT2D eigenvalue weighted by Crippen LogP contribution is -1.89. The van der Waals surface area contributed by atoms with Gasteiger partial charge in [-0.05, 0) is 13.8 Å². The van der Waals surface area contributed by atoms with E-state index in [0.717, 1.165) is 0 Å². The summed E-state index contributed by atoms with van der Waals surface area (Å²) in [6, 6.07) is 0. The lowest BCUT2D eigenvalue weighted by atomic mass is 10.4. The van der Waals surface area contributed by atoms with Crippen LogP contribution in [0.1, 0.15) is 24.7 Å². The van der Waals surface area contributed by atoms with E-state index in [1.54, 1.807) is 13.8 Å². The van der Waals surface area contributed by atoms with Gasteiger partial charge in [0.05, 0.1) is 0 Å². The average Bonchev–Trinajstić information content (AvgIpc) is 2.14. The Hall–Kier alpha value is -0.900. The van der Waals surface area contributed by atoms with Crippen LogP contribution in [0.2, 0.25) is 0 Å². The first kappa shape index (κ1) is 6.22. The number of aliphatic hydroxyl groups is 1. The average molecular weight is 128 g/mol. The first-order valence-electron chi connectivity index (χ1n) is 2.68. The molecule has 0 aliphatic rings. The lowest BCUT2D eigenvalue weighted by Gasteiger charge is -1.90. The highest BCUT2D eigenvalue weighted by Gasteiger charge is 2.07. The van der Waals surface area contributed by atoms with Crippen molar-refractivity contribution in [1.82, 2.24) is 10.1 Å². The van der Waals surface area contributed by atoms with Gasteiger partial charge < -0.3 is 9.63 Å². The lowest BCUT2D eigenvalue weighted by molar-refractivity contribution is 0.151. The monoisotopic (exact) mass is 128 g/mol. The largest absolute Gasteiger partial charge is 0.384 e. The van der Waals surface area contributed by atoms with Crippen LogP contribution in [0.4, 0.5) is 0 Å². The molecule has 1 atom stereocenters. The number of aliphatic hydroxyl groups excluding tert-OH is 1. The van der Waals surface area contributed by atoms with Gasteiger partial charge in [-0.1, -0.05) is 5.16 Å². The minimum absolute atomic E-state index is 0.271. The molecule has 1 rings (SSSR count). The Morgan fingerprint density at radius 2 is 2.33 bits per heavy atom. The number of nitrogens with zero attached hydrogens (tertiary/aromatic N) is 2. The van der Waals surface area contributed by atoms with Gasteiger partial charge in [-0.25, -0.2) is 0 Å². The van der Waals surface area contributed by atoms with Crippen LogP contribution in [0, 0.1) is 6.92 Å². The Kier molecular flexibility index (Phi) is 1.48. The number of aromatic nitrogens is 2. The SMILES string of the molecule is Cc1noc([C@H](C)O)n1. The Morgan fingerprint density at radius 3 is 2.56 bits per heavy atom. The Balaban J connectivity index is 2.85. The summed E-state index contributed by atoms with van der Waals surface area (Å²) in [4.78, 5) is 3.78. The van der Waals surface area contributed by atoms with E-state index in [1.165, 1.54) is 0 Å². The standard InChI is InChI=1S/C5H8N2O2/c1-3(8)5-6-4(2)7-9-5/h3,8H,1-2H3/t3-/m0/s1. The Morgan fingerprint density at radius 1 is 1.67 bits per heavy atom. The molecule has 1 aromatic heterocycles. The molecule has 9 heavy (non-hydrogen) atoms. The zero-order valence-corrected chi connectivity index (χ0v) is 5.33. The fourth-order valence-corrected chi connectivity index (χ4v) is 0.483. The summed E-state index contributed by atoms with van der Waals surface area (Å²) >= 11 is 0. The molecule has 0 bridgehead atoms. The van der Waals surface area contributed by atoms with Gasteiger partial charge in [-0.15, -0.1) is 0 Å². The number of aryl methyl sites for hydroxylation is 1. The molecule has 0 saturated heterocycles. The highest BCUT2D eigenvalue weighted by Crippen LogP contribution is 2.06. The Bertz CT molecular complexity index is 195. The van der Waals surface area contributed by atoms with Crippen molar-refractivity contribution < 1.29 is 9.63 Å². The summed E-state index contributed by atoms with van der Waals surface area (Å²) in [5.74, 6) is 0.818. The summed E-state index contributed by atoms with van der Waals surface area (Å²) in [6.45, 7) is 3.28. The van der Waals surface area contributed by atoms with E-state index in [2.05, 4.69) is 14.7 Å². The quantitative estimate of drug-likeness (QED) is 0.595. The van der Waals surface area contributed by atoms with E-state index in [0.29, 0.717) is 5.82 Å². The van der Waals surface area contributed by atoms with E-state index < -0.39 is 6.10 Å². The fourth-order valence-electron chi connectivity index (χ4n) is 0.483. The maximum atomic E-state index is 8.84. The maximum Gasteiger partial charge on any atom is 0.255 e. The van der Waals surface area contributed by atoms with Gasteiger partial charge in [0.2, 0.25) is 0 Å². The van der Waals surface area contributed by atoms with Crippen molar-refractivity contribution in [2.45, 2.75) is 20.0 Å². The predicted octanol–water partition coefficient (Wildman–Crippen LogP) is 0.431. The van der Waals surface area contributed by atoms with Crippen LogP contribution in [0.25, 0.3) is 0 Å². The molecule has 0 aliphatic carbocycles. The summed E-state index contributed by atoms with van der Waals surface area (Å²) < 4.78 is 4.61. The first-order valence-corrected chi connectivity index (χ1v) is 2.68. The molecule has 4 nitrogen and oxygen atoms in total. The molecule has 0 aliphatic heterocycles. The molecule has 50 valence electrons. The zero-order chi connectivity index (χ0) is 6.85. The van der Waals surface area contributed by atoms with Gasteiger partial charge in [0.25, 0.3) is 5.89 Å². The summed E-state index contributed by atoms with van der Waals surface area (Å²) in [7, 11) is 0. The third-order valence-electron chi connectivity index (χ3n) is 0.901. The van der Waals surface area contributed by atoms with Gasteiger partial charge in [-0.3, -0.25) is 0 Å². The van der Waals surface area contributed by atoms with Crippen LogP contribution in [0.15, 0.2) is 4.52 Å². The highest BCUT2D eigenvalue weighted by atomic mass is 16.5. The van der Waals surface area contributed by atoms with Gasteiger partial charge in [0, 0.05) is 0 Å². The molecule has 0 fully saturated rings. The summed E-state index contributed by atoms with van der Waals surface area (Å²) in [5.41, 5.74) is 0. The van der Waals surface area contributed by atoms with E-state index in [-0.39, 0.29) is 5.89 Å². The molecule has 0 saturated carbocycles. The van der Waals surface area contributed by atoms with Crippen LogP contribution >= 0.6 is 0 Å². The van der Waals surface area contributed by atoms with Crippen LogP contribution in [0.3, 0.4) is 0 Å². The normalized spacial score (nSPS) is 13.7. The molecular weight excluding hydrogens is 120 g/mol. The number of rotatable bonds is 1. The van der Waals surface area contributed by atoms with E-state index in [1.807, 2.05) is 0 Å². The minimum Gasteiger partial charge on any atom is -0.384 e. The highest BCUT2D eigenvalue weighted by molar-refractivity contribution is 4.84. The van der Waals surface area contributed by atoms with E-state index in [4.69, 9.17) is 5.11 Å². The van der Waals surface area contributed by atoms with Gasteiger partial charge in [0.15, 0.2) is 5.82 Å². The molecule has 0 spiro atoms. The second-order valence-corrected chi connectivity index (χ2v) is 1.86. The number of hydrogen-bond acceptors (Lipinski definition) is 4. The molecule has 1 aromatic rings. The predicted molar refractivity (Wildman–Crippen MR) is 29.7 cm³/mol. The van der Waals surface area contributed by atoms with Crippen LogP contribution in [-0.2, 0) is 0 Å². The molecule has 0 unspecified atom stereocenters. The molecule has 1 N–H and O–H groups in total. The third-order valence-corrected chi connectivity index (χ3v) is 0.901. The minimum atomic E-state index is -0.661. The molecule has 4 heteroatoms. The first-order chi connectivity index (χ1) is 4.20. The van der Waals surface area contributed by atoms with Crippen molar-refractivity contribution in [2.24, 2.45) is 0 Å². The summed E-state index contributed by atoms with van der Waals surface area (Å²) in [5, 5.41) is 12.3. The topological polar surface area (TPSA) is 59.2 Å². The van der Waals surface area contributed by atoms with E-state index in [9.17, 15) is 0 Å². The van der Waals surface area contributed by atoms with Crippen molar-refractivity contribution in [2.75, 3.05) is 0 Å². The molecule has 1 heterocycles. The smallest absolute Gasteiger partial charge is 0.255 e. The van der Waals surface area contributed by atoms with Crippen molar-refractivity contribution >= 4 is 0 Å². The summed E-state index contributed by atoms with van der Waals surface area (Å²) in [6.07, 6.45) is -0.661. The van der Waals surface area contributed by atoms with Crippen molar-refractivity contribution in [3.05, 3.63) is 11.7 Å². The van der Waals surface area contributed by atoms with Crippen LogP contribution in [0.5, 0.6) is 0 Å². The van der Waals surface area contributed by atoms with Gasteiger partial charge in [0.1, 0.15) is 6.10 Å². The molecule has 0 radical (unpaired) electrons. The van der Waals surface area contributed by atoms with Crippen LogP contribution < -0.4 is 0 Å².